The van der Waals surface area contributed by atoms with Crippen LogP contribution in [0.5, 0.6) is 5.75 Å². The third-order valence-corrected chi connectivity index (χ3v) is 2.20. The van der Waals surface area contributed by atoms with E-state index in [0.717, 1.165) is 17.6 Å². The lowest BCUT2D eigenvalue weighted by atomic mass is 10.2. The van der Waals surface area contributed by atoms with Gasteiger partial charge in [0.25, 0.3) is 0 Å². The average molecular weight is 204 g/mol. The lowest BCUT2D eigenvalue weighted by molar-refractivity contribution is -0.107. The molecule has 0 fully saturated rings. The van der Waals surface area contributed by atoms with E-state index in [-0.39, 0.29) is 0 Å². The van der Waals surface area contributed by atoms with Crippen molar-refractivity contribution >= 4 is 6.29 Å². The van der Waals surface area contributed by atoms with Crippen LogP contribution in [-0.4, -0.2) is 12.9 Å². The zero-order valence-electron chi connectivity index (χ0n) is 9.19. The van der Waals surface area contributed by atoms with Gasteiger partial charge in [-0.15, -0.1) is 0 Å². The number of carbonyl (C=O) groups excluding carboxylic acids is 1. The van der Waals surface area contributed by atoms with Crippen molar-refractivity contribution in [3.8, 4) is 5.75 Å². The summed E-state index contributed by atoms with van der Waals surface area (Å²) in [6.07, 6.45) is 3.40. The average Bonchev–Trinajstić information content (AvgIpc) is 2.28. The first-order chi connectivity index (χ1) is 7.26. The van der Waals surface area contributed by atoms with Gasteiger partial charge in [0.05, 0.1) is 0 Å². The second-order valence-electron chi connectivity index (χ2n) is 3.44. The molecular weight excluding hydrogens is 188 g/mol. The van der Waals surface area contributed by atoms with E-state index in [4.69, 9.17) is 4.74 Å². The van der Waals surface area contributed by atoms with Crippen molar-refractivity contribution in [2.24, 2.45) is 0 Å². The summed E-state index contributed by atoms with van der Waals surface area (Å²) < 4.78 is 5.54. The fourth-order valence-electron chi connectivity index (χ4n) is 1.10. The van der Waals surface area contributed by atoms with Gasteiger partial charge in [-0.05, 0) is 37.1 Å². The Morgan fingerprint density at radius 1 is 1.33 bits per heavy atom. The van der Waals surface area contributed by atoms with Crippen LogP contribution < -0.4 is 4.74 Å². The number of allylic oxidation sites excluding steroid dienone is 1. The van der Waals surface area contributed by atoms with Gasteiger partial charge in [0, 0.05) is 6.42 Å². The minimum Gasteiger partial charge on any atom is -0.489 e. The Balaban J connectivity index is 2.53. The number of carbonyl (C=O) groups is 1. The maximum absolute atomic E-state index is 10.3. The molecule has 0 saturated carbocycles. The topological polar surface area (TPSA) is 26.3 Å². The van der Waals surface area contributed by atoms with Crippen molar-refractivity contribution in [3.05, 3.63) is 41.5 Å². The van der Waals surface area contributed by atoms with Crippen molar-refractivity contribution in [1.82, 2.24) is 0 Å². The summed E-state index contributed by atoms with van der Waals surface area (Å²) in [5.74, 6) is 0.839. The Bertz CT molecular complexity index is 336. The maximum Gasteiger partial charge on any atom is 0.124 e. The zero-order valence-corrected chi connectivity index (χ0v) is 9.19. The predicted octanol–water partition coefficient (Wildman–Crippen LogP) is 2.77. The first-order valence-corrected chi connectivity index (χ1v) is 5.03. The number of hydrogen-bond acceptors (Lipinski definition) is 2. The number of hydrogen-bond donors (Lipinski definition) is 0. The summed E-state index contributed by atoms with van der Waals surface area (Å²) in [5, 5.41) is 0. The molecule has 0 aromatic heterocycles. The second-order valence-corrected chi connectivity index (χ2v) is 3.44. The zero-order chi connectivity index (χ0) is 11.1. The van der Waals surface area contributed by atoms with Crippen LogP contribution in [0.3, 0.4) is 0 Å². The molecule has 0 amide bonds. The van der Waals surface area contributed by atoms with Crippen molar-refractivity contribution in [2.75, 3.05) is 6.61 Å². The molecule has 0 aliphatic heterocycles. The fraction of sp³-hybridized carbons (Fsp3) is 0.308. The first-order valence-electron chi connectivity index (χ1n) is 5.03. The molecule has 1 rings (SSSR count). The summed E-state index contributed by atoms with van der Waals surface area (Å²) in [7, 11) is 0. The maximum atomic E-state index is 10.3. The third-order valence-electron chi connectivity index (χ3n) is 2.20. The Morgan fingerprint density at radius 2 is 2.00 bits per heavy atom. The number of benzene rings is 1. The molecule has 0 heterocycles. The van der Waals surface area contributed by atoms with Crippen LogP contribution in [0, 0.1) is 0 Å². The minimum atomic E-state index is 0.466. The van der Waals surface area contributed by atoms with Gasteiger partial charge in [-0.3, -0.25) is 0 Å². The van der Waals surface area contributed by atoms with E-state index >= 15 is 0 Å². The molecule has 15 heavy (non-hydrogen) atoms. The molecular formula is C13H16O2. The van der Waals surface area contributed by atoms with Gasteiger partial charge in [-0.1, -0.05) is 18.2 Å². The van der Waals surface area contributed by atoms with E-state index in [9.17, 15) is 4.79 Å². The van der Waals surface area contributed by atoms with Crippen LogP contribution >= 0.6 is 0 Å². The second kappa shape index (κ2) is 6.02. The fourth-order valence-corrected chi connectivity index (χ4v) is 1.10. The summed E-state index contributed by atoms with van der Waals surface area (Å²) >= 11 is 0. The summed E-state index contributed by atoms with van der Waals surface area (Å²) in [5.41, 5.74) is 2.21. The van der Waals surface area contributed by atoms with E-state index in [1.165, 1.54) is 5.57 Å². The van der Waals surface area contributed by atoms with Gasteiger partial charge in [-0.25, -0.2) is 0 Å². The first kappa shape index (κ1) is 11.5. The molecule has 2 heteroatoms. The highest BCUT2D eigenvalue weighted by atomic mass is 16.5. The minimum absolute atomic E-state index is 0.466. The molecule has 0 spiro atoms. The van der Waals surface area contributed by atoms with Crippen LogP contribution in [-0.2, 0) is 11.2 Å². The lowest BCUT2D eigenvalue weighted by Crippen LogP contribution is -1.98. The van der Waals surface area contributed by atoms with Gasteiger partial charge in [0.15, 0.2) is 0 Å². The van der Waals surface area contributed by atoms with Gasteiger partial charge >= 0.3 is 0 Å². The molecule has 2 nitrogen and oxygen atoms in total. The highest BCUT2D eigenvalue weighted by Crippen LogP contribution is 2.13. The number of ether oxygens (including phenoxy) is 1. The smallest absolute Gasteiger partial charge is 0.124 e. The monoisotopic (exact) mass is 204 g/mol. The van der Waals surface area contributed by atoms with Crippen LogP contribution in [0.1, 0.15) is 19.4 Å². The van der Waals surface area contributed by atoms with E-state index < -0.39 is 0 Å². The van der Waals surface area contributed by atoms with Crippen LogP contribution in [0.2, 0.25) is 0 Å². The quantitative estimate of drug-likeness (QED) is 0.544. The van der Waals surface area contributed by atoms with E-state index in [1.807, 2.05) is 44.2 Å². The van der Waals surface area contributed by atoms with Crippen LogP contribution in [0.15, 0.2) is 35.9 Å². The Hall–Kier alpha value is -1.57. The molecule has 0 radical (unpaired) electrons. The third kappa shape index (κ3) is 3.98. The van der Waals surface area contributed by atoms with Gasteiger partial charge in [0.1, 0.15) is 18.6 Å². The van der Waals surface area contributed by atoms with Gasteiger partial charge in [0.2, 0.25) is 0 Å². The molecule has 0 aliphatic rings. The number of aldehydes is 1. The summed E-state index contributed by atoms with van der Waals surface area (Å²) in [6, 6.07) is 7.60. The lowest BCUT2D eigenvalue weighted by Gasteiger charge is -2.06. The SMILES string of the molecule is C/C=C(\C)COc1ccc(CC=O)cc1. The molecule has 0 aliphatic carbocycles. The molecule has 0 bridgehead atoms. The predicted molar refractivity (Wildman–Crippen MR) is 61.1 cm³/mol. The van der Waals surface area contributed by atoms with E-state index in [1.54, 1.807) is 0 Å². The van der Waals surface area contributed by atoms with E-state index in [2.05, 4.69) is 0 Å². The molecule has 1 aromatic carbocycles. The molecule has 0 saturated heterocycles. The molecule has 0 unspecified atom stereocenters. The summed E-state index contributed by atoms with van der Waals surface area (Å²) in [4.78, 5) is 10.3. The highest BCUT2D eigenvalue weighted by molar-refractivity contribution is 5.55. The van der Waals surface area contributed by atoms with Gasteiger partial charge in [-0.2, -0.15) is 0 Å². The van der Waals surface area contributed by atoms with Crippen molar-refractivity contribution in [1.29, 1.82) is 0 Å². The molecule has 1 aromatic rings. The van der Waals surface area contributed by atoms with Gasteiger partial charge < -0.3 is 9.53 Å². The standard InChI is InChI=1S/C13H16O2/c1-3-11(2)10-15-13-6-4-12(5-7-13)8-9-14/h3-7,9H,8,10H2,1-2H3/b11-3+. The van der Waals surface area contributed by atoms with Crippen LogP contribution in [0.25, 0.3) is 0 Å². The normalized spacial score (nSPS) is 11.2. The Labute approximate surface area is 90.6 Å². The molecule has 0 N–H and O–H groups in total. The Kier molecular flexibility index (Phi) is 4.61. The van der Waals surface area contributed by atoms with Crippen molar-refractivity contribution in [3.63, 3.8) is 0 Å². The summed E-state index contributed by atoms with van der Waals surface area (Å²) in [6.45, 7) is 4.64. The van der Waals surface area contributed by atoms with E-state index in [0.29, 0.717) is 13.0 Å². The molecule has 0 atom stereocenters. The largest absolute Gasteiger partial charge is 0.489 e. The van der Waals surface area contributed by atoms with Crippen LogP contribution in [0.4, 0.5) is 0 Å². The molecule has 80 valence electrons. The van der Waals surface area contributed by atoms with Crippen molar-refractivity contribution < 1.29 is 9.53 Å². The van der Waals surface area contributed by atoms with Crippen molar-refractivity contribution in [2.45, 2.75) is 20.3 Å². The number of rotatable bonds is 5. The Morgan fingerprint density at radius 3 is 2.53 bits per heavy atom. The highest BCUT2D eigenvalue weighted by Gasteiger charge is 1.95.